The molecule has 1 unspecified atom stereocenters. The van der Waals surface area contributed by atoms with Crippen LogP contribution in [0, 0.1) is 0 Å². The van der Waals surface area contributed by atoms with E-state index in [4.69, 9.17) is 0 Å². The summed E-state index contributed by atoms with van der Waals surface area (Å²) in [6.07, 6.45) is -0.370. The number of hydrogen-bond acceptors (Lipinski definition) is 2. The third-order valence-electron chi connectivity index (χ3n) is 2.64. The smallest absolute Gasteiger partial charge is 0.160 e. The molecule has 0 spiro atoms. The van der Waals surface area contributed by atoms with Crippen molar-refractivity contribution in [3.63, 3.8) is 0 Å². The zero-order valence-corrected chi connectivity index (χ0v) is 12.6. The number of ketones is 1. The normalized spacial score (nSPS) is 14.4. The predicted molar refractivity (Wildman–Crippen MR) is 78.1 cm³/mol. The van der Waals surface area contributed by atoms with E-state index in [1.54, 1.807) is 0 Å². The minimum Gasteiger partial charge on any atom is -0.384 e. The van der Waals surface area contributed by atoms with Gasteiger partial charge in [0.15, 0.2) is 5.78 Å². The lowest BCUT2D eigenvalue weighted by atomic mass is 9.98. The molecule has 0 aliphatic heterocycles. The predicted octanol–water partition coefficient (Wildman–Crippen LogP) is 3.50. The maximum Gasteiger partial charge on any atom is 0.160 e. The van der Waals surface area contributed by atoms with Gasteiger partial charge in [-0.1, -0.05) is 62.6 Å². The molecule has 1 rings (SSSR count). The molecule has 0 saturated carbocycles. The Morgan fingerprint density at radius 3 is 2.28 bits per heavy atom. The summed E-state index contributed by atoms with van der Waals surface area (Å²) in [6.45, 7) is 8.31. The van der Waals surface area contributed by atoms with Crippen molar-refractivity contribution in [1.82, 2.24) is 0 Å². The maximum absolute atomic E-state index is 12.0. The van der Waals surface area contributed by atoms with Crippen LogP contribution >= 0.6 is 0 Å². The van der Waals surface area contributed by atoms with Gasteiger partial charge in [0, 0.05) is 12.0 Å². The number of aliphatic hydroxyl groups is 1. The topological polar surface area (TPSA) is 37.3 Å². The fourth-order valence-electron chi connectivity index (χ4n) is 1.80. The van der Waals surface area contributed by atoms with Crippen molar-refractivity contribution in [1.29, 1.82) is 0 Å². The molecule has 0 amide bonds. The van der Waals surface area contributed by atoms with Gasteiger partial charge < -0.3 is 5.11 Å². The van der Waals surface area contributed by atoms with Crippen molar-refractivity contribution in [3.8, 4) is 0 Å². The highest BCUT2D eigenvalue weighted by atomic mass is 28.3. The van der Waals surface area contributed by atoms with E-state index in [9.17, 15) is 9.90 Å². The minimum atomic E-state index is -1.54. The molecule has 1 N–H and O–H groups in total. The van der Waals surface area contributed by atoms with Crippen LogP contribution < -0.4 is 0 Å². The second-order valence-corrected chi connectivity index (χ2v) is 10.6. The van der Waals surface area contributed by atoms with Gasteiger partial charge in [-0.3, -0.25) is 4.79 Å². The highest BCUT2D eigenvalue weighted by Gasteiger charge is 2.22. The Morgan fingerprint density at radius 1 is 1.28 bits per heavy atom. The Bertz CT molecular complexity index is 430. The van der Waals surface area contributed by atoms with Crippen molar-refractivity contribution in [3.05, 3.63) is 47.2 Å². The zero-order chi connectivity index (χ0) is 13.8. The molecule has 0 aromatic heterocycles. The molecule has 98 valence electrons. The highest BCUT2D eigenvalue weighted by Crippen LogP contribution is 2.25. The quantitative estimate of drug-likeness (QED) is 0.651. The molecule has 0 heterocycles. The number of hydrogen-bond donors (Lipinski definition) is 1. The summed E-state index contributed by atoms with van der Waals surface area (Å²) in [7, 11) is -1.54. The van der Waals surface area contributed by atoms with Crippen LogP contribution in [0.25, 0.3) is 0 Å². The lowest BCUT2D eigenvalue weighted by molar-refractivity contribution is -0.116. The molecule has 2 nitrogen and oxygen atoms in total. The Morgan fingerprint density at radius 2 is 1.83 bits per heavy atom. The van der Waals surface area contributed by atoms with Gasteiger partial charge in [-0.25, -0.2) is 0 Å². The lowest BCUT2D eigenvalue weighted by Gasteiger charge is -2.18. The van der Waals surface area contributed by atoms with Crippen molar-refractivity contribution in [2.75, 3.05) is 0 Å². The number of Topliss-reactive ketones (excluding diaryl/α,β-unsaturated/α-hetero) is 1. The number of rotatable bonds is 5. The van der Waals surface area contributed by atoms with Crippen molar-refractivity contribution in [2.45, 2.75) is 39.1 Å². The van der Waals surface area contributed by atoms with Gasteiger partial charge in [0.05, 0.1) is 8.07 Å². The van der Waals surface area contributed by atoms with E-state index in [1.807, 2.05) is 43.0 Å². The molecule has 0 aliphatic carbocycles. The van der Waals surface area contributed by atoms with E-state index in [0.717, 1.165) is 5.56 Å². The first kappa shape index (κ1) is 14.9. The molecule has 0 saturated heterocycles. The summed E-state index contributed by atoms with van der Waals surface area (Å²) in [6, 6.07) is 9.36. The van der Waals surface area contributed by atoms with Crippen molar-refractivity contribution in [2.24, 2.45) is 0 Å². The van der Waals surface area contributed by atoms with Gasteiger partial charge >= 0.3 is 0 Å². The van der Waals surface area contributed by atoms with Gasteiger partial charge in [-0.05, 0) is 5.56 Å². The second kappa shape index (κ2) is 6.11. The van der Waals surface area contributed by atoms with E-state index in [1.165, 1.54) is 0 Å². The average Bonchev–Trinajstić information content (AvgIpc) is 2.34. The van der Waals surface area contributed by atoms with Crippen LogP contribution in [0.2, 0.25) is 19.6 Å². The third-order valence-corrected chi connectivity index (χ3v) is 3.82. The fourth-order valence-corrected chi connectivity index (χ4v) is 3.05. The van der Waals surface area contributed by atoms with E-state index in [-0.39, 0.29) is 5.78 Å². The molecule has 0 radical (unpaired) electrons. The summed E-state index contributed by atoms with van der Waals surface area (Å²) in [5, 5.41) is 10.4. The number of carbonyl (C=O) groups excluding carboxylic acids is 1. The Hall–Kier alpha value is -1.19. The van der Waals surface area contributed by atoms with E-state index in [0.29, 0.717) is 12.0 Å². The molecule has 3 heteroatoms. The van der Waals surface area contributed by atoms with Gasteiger partial charge in [-0.15, -0.1) is 0 Å². The van der Waals surface area contributed by atoms with Crippen LogP contribution in [0.4, 0.5) is 0 Å². The SMILES string of the molecule is CCC(=O)C(=C[Si](C)(C)C)C(O)c1ccccc1. The summed E-state index contributed by atoms with van der Waals surface area (Å²) in [4.78, 5) is 12.0. The summed E-state index contributed by atoms with van der Waals surface area (Å²) < 4.78 is 0. The van der Waals surface area contributed by atoms with Crippen LogP contribution in [0.5, 0.6) is 0 Å². The molecular formula is C15H22O2Si. The third kappa shape index (κ3) is 4.24. The van der Waals surface area contributed by atoms with Crippen molar-refractivity contribution >= 4 is 13.9 Å². The van der Waals surface area contributed by atoms with Crippen LogP contribution in [0.3, 0.4) is 0 Å². The Kier molecular flexibility index (Phi) is 5.05. The van der Waals surface area contributed by atoms with E-state index >= 15 is 0 Å². The van der Waals surface area contributed by atoms with Crippen LogP contribution in [0.15, 0.2) is 41.6 Å². The molecule has 0 aliphatic rings. The summed E-state index contributed by atoms with van der Waals surface area (Å²) in [5.74, 6) is 0.0359. The zero-order valence-electron chi connectivity index (χ0n) is 11.6. The molecule has 18 heavy (non-hydrogen) atoms. The molecule has 0 fully saturated rings. The molecule has 1 atom stereocenters. The second-order valence-electron chi connectivity index (χ2n) is 5.56. The molecule has 0 bridgehead atoms. The monoisotopic (exact) mass is 262 g/mol. The first-order valence-corrected chi connectivity index (χ1v) is 9.92. The van der Waals surface area contributed by atoms with Crippen LogP contribution in [-0.2, 0) is 4.79 Å². The first-order valence-electron chi connectivity index (χ1n) is 6.34. The standard InChI is InChI=1S/C15H22O2Si/c1-5-14(16)13(11-18(2,3)4)15(17)12-9-7-6-8-10-12/h6-11,15,17H,5H2,1-4H3. The fraction of sp³-hybridized carbons (Fsp3) is 0.400. The Labute approximate surface area is 110 Å². The van der Waals surface area contributed by atoms with E-state index < -0.39 is 14.2 Å². The number of carbonyl (C=O) groups is 1. The van der Waals surface area contributed by atoms with Gasteiger partial charge in [0.2, 0.25) is 0 Å². The highest BCUT2D eigenvalue weighted by molar-refractivity contribution is 6.81. The minimum absolute atomic E-state index is 0.0359. The van der Waals surface area contributed by atoms with Gasteiger partial charge in [-0.2, -0.15) is 0 Å². The number of aliphatic hydroxyl groups excluding tert-OH is 1. The summed E-state index contributed by atoms with van der Waals surface area (Å²) >= 11 is 0. The van der Waals surface area contributed by atoms with Crippen LogP contribution in [0.1, 0.15) is 25.0 Å². The average molecular weight is 262 g/mol. The van der Waals surface area contributed by atoms with Crippen molar-refractivity contribution < 1.29 is 9.90 Å². The van der Waals surface area contributed by atoms with E-state index in [2.05, 4.69) is 19.6 Å². The maximum atomic E-state index is 12.0. The number of benzene rings is 1. The van der Waals surface area contributed by atoms with Gasteiger partial charge in [0.25, 0.3) is 0 Å². The van der Waals surface area contributed by atoms with Gasteiger partial charge in [0.1, 0.15) is 6.10 Å². The Balaban J connectivity index is 3.13. The molecule has 1 aromatic rings. The largest absolute Gasteiger partial charge is 0.384 e. The molecular weight excluding hydrogens is 240 g/mol. The lowest BCUT2D eigenvalue weighted by Crippen LogP contribution is -2.21. The first-order chi connectivity index (χ1) is 8.35. The van der Waals surface area contributed by atoms with Crippen LogP contribution in [-0.4, -0.2) is 19.0 Å². The molecule has 1 aromatic carbocycles. The summed E-state index contributed by atoms with van der Waals surface area (Å²) in [5.41, 5.74) is 3.35.